The summed E-state index contributed by atoms with van der Waals surface area (Å²) in [7, 11) is 0. The van der Waals surface area contributed by atoms with Gasteiger partial charge < -0.3 is 4.57 Å². The van der Waals surface area contributed by atoms with Crippen LogP contribution in [0.2, 0.25) is 0 Å². The van der Waals surface area contributed by atoms with Crippen molar-refractivity contribution in [2.45, 2.75) is 58.2 Å². The van der Waals surface area contributed by atoms with Gasteiger partial charge in [-0.25, -0.2) is 4.98 Å². The fourth-order valence-corrected chi connectivity index (χ4v) is 4.89. The molecule has 1 unspecified atom stereocenters. The molecule has 4 nitrogen and oxygen atoms in total. The van der Waals surface area contributed by atoms with Gasteiger partial charge in [-0.1, -0.05) is 19.4 Å². The number of hydrogen-bond acceptors (Lipinski definition) is 3. The van der Waals surface area contributed by atoms with Crippen molar-refractivity contribution in [3.05, 3.63) is 29.6 Å². The SMILES string of the molecule is CC1CCN(Cc2ccc3c(c2)nc2n3CCN(C3CCC3)CC2)C1. The Hall–Kier alpha value is -1.39. The summed E-state index contributed by atoms with van der Waals surface area (Å²) in [5.41, 5.74) is 3.96. The van der Waals surface area contributed by atoms with E-state index in [4.69, 9.17) is 4.98 Å². The van der Waals surface area contributed by atoms with Gasteiger partial charge in [0.1, 0.15) is 5.82 Å². The lowest BCUT2D eigenvalue weighted by molar-refractivity contribution is 0.130. The van der Waals surface area contributed by atoms with Gasteiger partial charge in [0.25, 0.3) is 0 Å². The molecule has 1 aliphatic carbocycles. The van der Waals surface area contributed by atoms with Crippen molar-refractivity contribution in [2.24, 2.45) is 5.92 Å². The van der Waals surface area contributed by atoms with Crippen LogP contribution in [0.5, 0.6) is 0 Å². The highest BCUT2D eigenvalue weighted by molar-refractivity contribution is 5.77. The second kappa shape index (κ2) is 6.40. The maximum Gasteiger partial charge on any atom is 0.111 e. The number of likely N-dealkylation sites (tertiary alicyclic amines) is 1. The van der Waals surface area contributed by atoms with Gasteiger partial charge in [-0.3, -0.25) is 9.80 Å². The summed E-state index contributed by atoms with van der Waals surface area (Å²) in [4.78, 5) is 10.3. The van der Waals surface area contributed by atoms with Crippen LogP contribution in [0.4, 0.5) is 0 Å². The van der Waals surface area contributed by atoms with Crippen molar-refractivity contribution in [1.29, 1.82) is 0 Å². The van der Waals surface area contributed by atoms with Crippen LogP contribution in [0, 0.1) is 5.92 Å². The summed E-state index contributed by atoms with van der Waals surface area (Å²) in [5.74, 6) is 2.15. The highest BCUT2D eigenvalue weighted by atomic mass is 15.2. The maximum atomic E-state index is 5.02. The van der Waals surface area contributed by atoms with Crippen molar-refractivity contribution < 1.29 is 0 Å². The second-order valence-electron chi connectivity index (χ2n) is 8.50. The lowest BCUT2D eigenvalue weighted by Gasteiger charge is -2.36. The lowest BCUT2D eigenvalue weighted by atomic mass is 9.91. The molecule has 4 heteroatoms. The number of hydrogen-bond donors (Lipinski definition) is 0. The van der Waals surface area contributed by atoms with Gasteiger partial charge in [-0.15, -0.1) is 0 Å². The molecule has 1 aromatic heterocycles. The number of aromatic nitrogens is 2. The number of benzene rings is 1. The fraction of sp³-hybridized carbons (Fsp3) is 0.667. The van der Waals surface area contributed by atoms with E-state index in [1.165, 1.54) is 74.3 Å². The zero-order valence-electron chi connectivity index (χ0n) is 15.5. The minimum Gasteiger partial charge on any atom is -0.327 e. The highest BCUT2D eigenvalue weighted by Gasteiger charge is 2.27. The van der Waals surface area contributed by atoms with E-state index in [0.29, 0.717) is 0 Å². The van der Waals surface area contributed by atoms with Gasteiger partial charge in [-0.2, -0.15) is 0 Å². The lowest BCUT2D eigenvalue weighted by Crippen LogP contribution is -2.41. The number of nitrogens with zero attached hydrogens (tertiary/aromatic N) is 4. The quantitative estimate of drug-likeness (QED) is 0.858. The molecule has 1 aromatic carbocycles. The van der Waals surface area contributed by atoms with E-state index >= 15 is 0 Å². The molecule has 1 atom stereocenters. The number of fused-ring (bicyclic) bond motifs is 3. The fourth-order valence-electron chi connectivity index (χ4n) is 4.89. The second-order valence-corrected chi connectivity index (χ2v) is 8.50. The minimum absolute atomic E-state index is 0.852. The van der Waals surface area contributed by atoms with Crippen molar-refractivity contribution in [1.82, 2.24) is 19.4 Å². The first-order valence-electron chi connectivity index (χ1n) is 10.2. The van der Waals surface area contributed by atoms with E-state index < -0.39 is 0 Å². The molecule has 0 bridgehead atoms. The molecular formula is C21H30N4. The van der Waals surface area contributed by atoms with Gasteiger partial charge in [-0.05, 0) is 49.4 Å². The van der Waals surface area contributed by atoms with Crippen LogP contribution in [0.1, 0.15) is 44.0 Å². The van der Waals surface area contributed by atoms with Crippen LogP contribution >= 0.6 is 0 Å². The van der Waals surface area contributed by atoms with E-state index in [1.807, 2.05) is 0 Å². The van der Waals surface area contributed by atoms with E-state index in [1.54, 1.807) is 0 Å². The van der Waals surface area contributed by atoms with Gasteiger partial charge in [0.15, 0.2) is 0 Å². The van der Waals surface area contributed by atoms with E-state index in [0.717, 1.165) is 31.5 Å². The first-order valence-corrected chi connectivity index (χ1v) is 10.2. The molecular weight excluding hydrogens is 308 g/mol. The van der Waals surface area contributed by atoms with Crippen LogP contribution in [0.25, 0.3) is 11.0 Å². The first kappa shape index (κ1) is 15.8. The van der Waals surface area contributed by atoms with E-state index in [-0.39, 0.29) is 0 Å². The van der Waals surface area contributed by atoms with Gasteiger partial charge in [0, 0.05) is 45.2 Å². The summed E-state index contributed by atoms with van der Waals surface area (Å²) >= 11 is 0. The zero-order chi connectivity index (χ0) is 16.8. The van der Waals surface area contributed by atoms with Crippen molar-refractivity contribution in [3.63, 3.8) is 0 Å². The average molecular weight is 338 g/mol. The first-order chi connectivity index (χ1) is 12.3. The Kier molecular flexibility index (Phi) is 4.05. The Morgan fingerprint density at radius 3 is 2.76 bits per heavy atom. The Bertz CT molecular complexity index is 761. The van der Waals surface area contributed by atoms with Crippen LogP contribution in [-0.4, -0.2) is 51.6 Å². The Labute approximate surface area is 150 Å². The molecule has 2 aromatic rings. The Morgan fingerprint density at radius 2 is 2.00 bits per heavy atom. The molecule has 0 radical (unpaired) electrons. The summed E-state index contributed by atoms with van der Waals surface area (Å²) in [6, 6.07) is 7.84. The third kappa shape index (κ3) is 3.00. The summed E-state index contributed by atoms with van der Waals surface area (Å²) in [5, 5.41) is 0. The van der Waals surface area contributed by atoms with Crippen molar-refractivity contribution in [3.8, 4) is 0 Å². The molecule has 5 rings (SSSR count). The predicted molar refractivity (Wildman–Crippen MR) is 102 cm³/mol. The van der Waals surface area contributed by atoms with E-state index in [9.17, 15) is 0 Å². The Morgan fingerprint density at radius 1 is 1.08 bits per heavy atom. The molecule has 25 heavy (non-hydrogen) atoms. The van der Waals surface area contributed by atoms with Gasteiger partial charge in [0.05, 0.1) is 11.0 Å². The number of imidazole rings is 1. The summed E-state index contributed by atoms with van der Waals surface area (Å²) < 4.78 is 2.48. The van der Waals surface area contributed by atoms with Gasteiger partial charge >= 0.3 is 0 Å². The topological polar surface area (TPSA) is 24.3 Å². The highest BCUT2D eigenvalue weighted by Crippen LogP contribution is 2.28. The van der Waals surface area contributed by atoms with Crippen LogP contribution in [-0.2, 0) is 19.5 Å². The summed E-state index contributed by atoms with van der Waals surface area (Å²) in [6.45, 7) is 9.42. The zero-order valence-corrected chi connectivity index (χ0v) is 15.5. The van der Waals surface area contributed by atoms with Crippen molar-refractivity contribution >= 4 is 11.0 Å². The van der Waals surface area contributed by atoms with Gasteiger partial charge in [0.2, 0.25) is 0 Å². The third-order valence-electron chi connectivity index (χ3n) is 6.63. The molecule has 3 aliphatic rings. The molecule has 0 spiro atoms. The molecule has 1 saturated carbocycles. The molecule has 3 heterocycles. The van der Waals surface area contributed by atoms with Crippen molar-refractivity contribution in [2.75, 3.05) is 26.2 Å². The summed E-state index contributed by atoms with van der Waals surface area (Å²) in [6.07, 6.45) is 6.68. The molecule has 2 fully saturated rings. The Balaban J connectivity index is 1.35. The predicted octanol–water partition coefficient (Wildman–Crippen LogP) is 3.29. The largest absolute Gasteiger partial charge is 0.327 e. The van der Waals surface area contributed by atoms with E-state index in [2.05, 4.69) is 39.5 Å². The number of rotatable bonds is 3. The minimum atomic E-state index is 0.852. The van der Waals surface area contributed by atoms with Crippen LogP contribution in [0.15, 0.2) is 18.2 Å². The maximum absolute atomic E-state index is 5.02. The molecule has 134 valence electrons. The average Bonchev–Trinajstić information content (AvgIpc) is 3.05. The molecule has 0 N–H and O–H groups in total. The normalized spacial score (nSPS) is 25.9. The van der Waals surface area contributed by atoms with Crippen LogP contribution < -0.4 is 0 Å². The molecule has 1 saturated heterocycles. The third-order valence-corrected chi connectivity index (χ3v) is 6.63. The monoisotopic (exact) mass is 338 g/mol. The smallest absolute Gasteiger partial charge is 0.111 e. The molecule has 2 aliphatic heterocycles. The molecule has 0 amide bonds. The van der Waals surface area contributed by atoms with Crippen LogP contribution in [0.3, 0.4) is 0 Å². The standard InChI is InChI=1S/C21H30N4/c1-16-7-9-23(14-16)15-17-5-6-20-19(13-17)22-21-8-10-24(11-12-25(20)21)18-3-2-4-18/h5-6,13,16,18H,2-4,7-12,14-15H2,1H3.